The monoisotopic (exact) mass is 360 g/mol. The van der Waals surface area contributed by atoms with Crippen LogP contribution in [0.4, 0.5) is 4.79 Å². The van der Waals surface area contributed by atoms with Crippen LogP contribution in [0, 0.1) is 0 Å². The molecule has 0 spiro atoms. The van der Waals surface area contributed by atoms with Crippen LogP contribution in [0.2, 0.25) is 0 Å². The fourth-order valence-corrected chi connectivity index (χ4v) is 2.69. The topological polar surface area (TPSA) is 76.2 Å². The lowest BCUT2D eigenvalue weighted by Crippen LogP contribution is -2.37. The summed E-state index contributed by atoms with van der Waals surface area (Å²) < 4.78 is 9.68. The molecule has 1 saturated heterocycles. The largest absolute Gasteiger partial charge is 0.513 e. The maximum absolute atomic E-state index is 12.7. The minimum atomic E-state index is -0.777. The standard InChI is InChI=1S/C19H24N2O5/c1-4-25-19(24)26-16-8-6-15(7-9-16)18(23)21-11-5-10-20(12-13-21)17(22)14(2)3/h6-9H,2,4-5,10-13H2,1,3H3. The van der Waals surface area contributed by atoms with Gasteiger partial charge in [0.15, 0.2) is 0 Å². The van der Waals surface area contributed by atoms with Crippen molar-refractivity contribution in [3.63, 3.8) is 0 Å². The first-order valence-electron chi connectivity index (χ1n) is 8.61. The van der Waals surface area contributed by atoms with E-state index in [0.717, 1.165) is 6.42 Å². The molecule has 1 aromatic rings. The molecule has 140 valence electrons. The molecule has 0 atom stereocenters. The average molecular weight is 360 g/mol. The first-order chi connectivity index (χ1) is 12.4. The molecule has 0 unspecified atom stereocenters. The van der Waals surface area contributed by atoms with Crippen molar-refractivity contribution in [2.24, 2.45) is 0 Å². The highest BCUT2D eigenvalue weighted by Gasteiger charge is 2.23. The minimum Gasteiger partial charge on any atom is -0.434 e. The van der Waals surface area contributed by atoms with Crippen LogP contribution in [-0.2, 0) is 9.53 Å². The maximum Gasteiger partial charge on any atom is 0.513 e. The van der Waals surface area contributed by atoms with Gasteiger partial charge in [-0.15, -0.1) is 0 Å². The molecule has 0 aliphatic carbocycles. The molecule has 1 fully saturated rings. The number of carbonyl (C=O) groups is 3. The number of hydrogen-bond acceptors (Lipinski definition) is 5. The Morgan fingerprint density at radius 3 is 2.27 bits per heavy atom. The third kappa shape index (κ3) is 5.08. The van der Waals surface area contributed by atoms with Crippen LogP contribution in [0.5, 0.6) is 5.75 Å². The number of benzene rings is 1. The maximum atomic E-state index is 12.7. The fourth-order valence-electron chi connectivity index (χ4n) is 2.69. The van der Waals surface area contributed by atoms with E-state index in [1.807, 2.05) is 0 Å². The Labute approximate surface area is 153 Å². The Kier molecular flexibility index (Phi) is 6.77. The Morgan fingerprint density at radius 2 is 1.65 bits per heavy atom. The lowest BCUT2D eigenvalue weighted by Gasteiger charge is -2.22. The summed E-state index contributed by atoms with van der Waals surface area (Å²) >= 11 is 0. The van der Waals surface area contributed by atoms with Gasteiger partial charge in [0, 0.05) is 37.3 Å². The van der Waals surface area contributed by atoms with E-state index >= 15 is 0 Å². The first kappa shape index (κ1) is 19.5. The van der Waals surface area contributed by atoms with Crippen molar-refractivity contribution < 1.29 is 23.9 Å². The van der Waals surface area contributed by atoms with Crippen molar-refractivity contribution in [3.05, 3.63) is 42.0 Å². The summed E-state index contributed by atoms with van der Waals surface area (Å²) in [6, 6.07) is 6.33. The van der Waals surface area contributed by atoms with Crippen molar-refractivity contribution >= 4 is 18.0 Å². The van der Waals surface area contributed by atoms with Gasteiger partial charge in [0.2, 0.25) is 5.91 Å². The highest BCUT2D eigenvalue weighted by Crippen LogP contribution is 2.16. The van der Waals surface area contributed by atoms with Crippen molar-refractivity contribution in [2.45, 2.75) is 20.3 Å². The zero-order valence-electron chi connectivity index (χ0n) is 15.2. The van der Waals surface area contributed by atoms with Gasteiger partial charge in [-0.25, -0.2) is 4.79 Å². The van der Waals surface area contributed by atoms with Crippen LogP contribution in [0.1, 0.15) is 30.6 Å². The lowest BCUT2D eigenvalue weighted by molar-refractivity contribution is -0.126. The molecule has 0 saturated carbocycles. The molecule has 1 aliphatic heterocycles. The highest BCUT2D eigenvalue weighted by atomic mass is 16.7. The van der Waals surface area contributed by atoms with Crippen molar-refractivity contribution in [1.82, 2.24) is 9.80 Å². The molecule has 0 bridgehead atoms. The second-order valence-electron chi connectivity index (χ2n) is 6.03. The summed E-state index contributed by atoms with van der Waals surface area (Å²) in [6.07, 6.45) is -0.0594. The summed E-state index contributed by atoms with van der Waals surface area (Å²) in [4.78, 5) is 39.5. The SMILES string of the molecule is C=C(C)C(=O)N1CCCN(C(=O)c2ccc(OC(=O)OCC)cc2)CC1. The molecule has 0 radical (unpaired) electrons. The average Bonchev–Trinajstić information content (AvgIpc) is 2.87. The van der Waals surface area contributed by atoms with Gasteiger partial charge in [-0.3, -0.25) is 9.59 Å². The molecule has 1 aliphatic rings. The van der Waals surface area contributed by atoms with Gasteiger partial charge in [-0.05, 0) is 44.5 Å². The quantitative estimate of drug-likeness (QED) is 0.468. The lowest BCUT2D eigenvalue weighted by atomic mass is 10.2. The summed E-state index contributed by atoms with van der Waals surface area (Å²) in [5, 5.41) is 0. The molecular formula is C19H24N2O5. The minimum absolute atomic E-state index is 0.0697. The second-order valence-corrected chi connectivity index (χ2v) is 6.03. The van der Waals surface area contributed by atoms with E-state index in [-0.39, 0.29) is 18.4 Å². The summed E-state index contributed by atoms with van der Waals surface area (Å²) in [5.41, 5.74) is 1.00. The van der Waals surface area contributed by atoms with Gasteiger partial charge in [-0.2, -0.15) is 0 Å². The van der Waals surface area contributed by atoms with Crippen molar-refractivity contribution in [1.29, 1.82) is 0 Å². The first-order valence-corrected chi connectivity index (χ1v) is 8.61. The van der Waals surface area contributed by atoms with Crippen LogP contribution >= 0.6 is 0 Å². The summed E-state index contributed by atoms with van der Waals surface area (Å²) in [7, 11) is 0. The van der Waals surface area contributed by atoms with Crippen LogP contribution in [-0.4, -0.2) is 60.6 Å². The van der Waals surface area contributed by atoms with E-state index in [9.17, 15) is 14.4 Å². The van der Waals surface area contributed by atoms with Crippen LogP contribution in [0.25, 0.3) is 0 Å². The highest BCUT2D eigenvalue weighted by molar-refractivity contribution is 5.95. The number of amides is 2. The van der Waals surface area contributed by atoms with Crippen molar-refractivity contribution in [3.8, 4) is 5.75 Å². The molecule has 26 heavy (non-hydrogen) atoms. The van der Waals surface area contributed by atoms with E-state index in [0.29, 0.717) is 43.1 Å². The predicted octanol–water partition coefficient (Wildman–Crippen LogP) is 2.47. The molecule has 0 N–H and O–H groups in total. The van der Waals surface area contributed by atoms with Crippen LogP contribution in [0.15, 0.2) is 36.4 Å². The molecule has 1 aromatic carbocycles. The molecule has 2 rings (SSSR count). The van der Waals surface area contributed by atoms with Gasteiger partial charge in [0.05, 0.1) is 6.61 Å². The molecule has 7 nitrogen and oxygen atoms in total. The van der Waals surface area contributed by atoms with Gasteiger partial charge in [-0.1, -0.05) is 6.58 Å². The zero-order chi connectivity index (χ0) is 19.1. The Morgan fingerprint density at radius 1 is 1.04 bits per heavy atom. The zero-order valence-corrected chi connectivity index (χ0v) is 15.2. The van der Waals surface area contributed by atoms with Gasteiger partial charge in [0.25, 0.3) is 5.91 Å². The summed E-state index contributed by atoms with van der Waals surface area (Å²) in [6.45, 7) is 9.45. The third-order valence-electron chi connectivity index (χ3n) is 4.00. The number of carbonyl (C=O) groups excluding carboxylic acids is 3. The third-order valence-corrected chi connectivity index (χ3v) is 4.00. The Balaban J connectivity index is 1.97. The second kappa shape index (κ2) is 9.03. The normalized spacial score (nSPS) is 14.4. The van der Waals surface area contributed by atoms with E-state index in [1.54, 1.807) is 47.9 Å². The van der Waals surface area contributed by atoms with Gasteiger partial charge >= 0.3 is 6.16 Å². The molecule has 7 heteroatoms. The van der Waals surface area contributed by atoms with E-state index in [4.69, 9.17) is 9.47 Å². The number of nitrogens with zero attached hydrogens (tertiary/aromatic N) is 2. The Bertz CT molecular complexity index is 684. The number of ether oxygens (including phenoxy) is 2. The summed E-state index contributed by atoms with van der Waals surface area (Å²) in [5.74, 6) is 0.131. The number of hydrogen-bond donors (Lipinski definition) is 0. The van der Waals surface area contributed by atoms with E-state index < -0.39 is 6.16 Å². The Hall–Kier alpha value is -2.83. The predicted molar refractivity (Wildman–Crippen MR) is 96.0 cm³/mol. The van der Waals surface area contributed by atoms with E-state index in [2.05, 4.69) is 6.58 Å². The van der Waals surface area contributed by atoms with Gasteiger partial charge < -0.3 is 19.3 Å². The molecule has 0 aromatic heterocycles. The van der Waals surface area contributed by atoms with Crippen LogP contribution in [0.3, 0.4) is 0 Å². The van der Waals surface area contributed by atoms with E-state index in [1.165, 1.54) is 0 Å². The molecular weight excluding hydrogens is 336 g/mol. The smallest absolute Gasteiger partial charge is 0.434 e. The molecule has 1 heterocycles. The van der Waals surface area contributed by atoms with Crippen molar-refractivity contribution in [2.75, 3.05) is 32.8 Å². The van der Waals surface area contributed by atoms with Crippen LogP contribution < -0.4 is 4.74 Å². The molecule has 2 amide bonds. The number of rotatable bonds is 4. The van der Waals surface area contributed by atoms with Gasteiger partial charge in [0.1, 0.15) is 5.75 Å². The fraction of sp³-hybridized carbons (Fsp3) is 0.421.